The molecule has 0 bridgehead atoms. The van der Waals surface area contributed by atoms with Crippen LogP contribution in [0.3, 0.4) is 0 Å². The molecular weight excluding hydrogens is 302 g/mol. The van der Waals surface area contributed by atoms with Crippen molar-refractivity contribution in [2.75, 3.05) is 0 Å². The largest absolute Gasteiger partial charge is 0.322 e. The smallest absolute Gasteiger partial charge is 0.0692 e. The van der Waals surface area contributed by atoms with Gasteiger partial charge < -0.3 is 5.73 Å². The van der Waals surface area contributed by atoms with Gasteiger partial charge in [0, 0.05) is 7.05 Å². The van der Waals surface area contributed by atoms with E-state index in [9.17, 15) is 0 Å². The maximum absolute atomic E-state index is 6.48. The second-order valence-electron chi connectivity index (χ2n) is 7.00. The zero-order chi connectivity index (χ0) is 14.2. The van der Waals surface area contributed by atoms with Crippen molar-refractivity contribution in [2.45, 2.75) is 52.5 Å². The van der Waals surface area contributed by atoms with Crippen molar-refractivity contribution in [3.05, 3.63) is 16.4 Å². The van der Waals surface area contributed by atoms with Gasteiger partial charge in [0.1, 0.15) is 0 Å². The average Bonchev–Trinajstić information content (AvgIpc) is 2.67. The van der Waals surface area contributed by atoms with Crippen LogP contribution in [-0.2, 0) is 7.05 Å². The predicted molar refractivity (Wildman–Crippen MR) is 82.7 cm³/mol. The average molecular weight is 328 g/mol. The summed E-state index contributed by atoms with van der Waals surface area (Å²) < 4.78 is 2.95. The Morgan fingerprint density at radius 2 is 1.89 bits per heavy atom. The molecule has 1 aliphatic rings. The molecule has 1 aromatic rings. The van der Waals surface area contributed by atoms with Crippen molar-refractivity contribution >= 4 is 15.9 Å². The van der Waals surface area contributed by atoms with E-state index in [1.165, 1.54) is 25.7 Å². The second-order valence-corrected chi connectivity index (χ2v) is 7.86. The monoisotopic (exact) mass is 327 g/mol. The standard InChI is InChI=1S/C15H26BrN3/c1-15(2,3)11-7-5-10(6-8-11)13(17)14-12(16)9-18-19(14)4/h9-11,13H,5-8,17H2,1-4H3. The first-order chi connectivity index (χ1) is 8.80. The summed E-state index contributed by atoms with van der Waals surface area (Å²) in [5.74, 6) is 1.43. The van der Waals surface area contributed by atoms with Crippen LogP contribution < -0.4 is 5.73 Å². The Hall–Kier alpha value is -0.350. The van der Waals surface area contributed by atoms with Gasteiger partial charge in [0.05, 0.1) is 22.4 Å². The van der Waals surface area contributed by atoms with Gasteiger partial charge >= 0.3 is 0 Å². The van der Waals surface area contributed by atoms with E-state index in [4.69, 9.17) is 5.73 Å². The van der Waals surface area contributed by atoms with Crippen LogP contribution >= 0.6 is 15.9 Å². The van der Waals surface area contributed by atoms with Crippen LogP contribution in [0.5, 0.6) is 0 Å². The number of nitrogens with zero attached hydrogens (tertiary/aromatic N) is 2. The van der Waals surface area contributed by atoms with Crippen LogP contribution in [-0.4, -0.2) is 9.78 Å². The third-order valence-electron chi connectivity index (χ3n) is 4.76. The van der Waals surface area contributed by atoms with E-state index in [2.05, 4.69) is 41.8 Å². The fourth-order valence-electron chi connectivity index (χ4n) is 3.36. The summed E-state index contributed by atoms with van der Waals surface area (Å²) in [4.78, 5) is 0. The first kappa shape index (κ1) is 15.0. The Kier molecular flexibility index (Phi) is 4.41. The minimum absolute atomic E-state index is 0.0998. The van der Waals surface area contributed by atoms with Crippen molar-refractivity contribution < 1.29 is 0 Å². The van der Waals surface area contributed by atoms with Crippen molar-refractivity contribution in [3.8, 4) is 0 Å². The Morgan fingerprint density at radius 3 is 2.32 bits per heavy atom. The molecule has 1 unspecified atom stereocenters. The predicted octanol–water partition coefficient (Wildman–Crippen LogP) is 4.03. The fraction of sp³-hybridized carbons (Fsp3) is 0.800. The lowest BCUT2D eigenvalue weighted by molar-refractivity contribution is 0.138. The van der Waals surface area contributed by atoms with Gasteiger partial charge in [0.25, 0.3) is 0 Å². The van der Waals surface area contributed by atoms with Crippen LogP contribution in [0, 0.1) is 17.3 Å². The van der Waals surface area contributed by atoms with Crippen LogP contribution in [0.1, 0.15) is 58.2 Å². The number of rotatable bonds is 2. The molecule has 2 rings (SSSR count). The lowest BCUT2D eigenvalue weighted by atomic mass is 9.68. The van der Waals surface area contributed by atoms with E-state index < -0.39 is 0 Å². The molecule has 0 spiro atoms. The molecule has 1 fully saturated rings. The maximum Gasteiger partial charge on any atom is 0.0692 e. The van der Waals surface area contributed by atoms with Gasteiger partial charge in [-0.05, 0) is 58.9 Å². The zero-order valence-corrected chi connectivity index (χ0v) is 14.1. The SMILES string of the molecule is Cn1ncc(Br)c1C(N)C1CCC(C(C)(C)C)CC1. The van der Waals surface area contributed by atoms with Gasteiger partial charge in [-0.3, -0.25) is 4.68 Å². The topological polar surface area (TPSA) is 43.8 Å². The molecule has 0 amide bonds. The summed E-state index contributed by atoms with van der Waals surface area (Å²) in [6.07, 6.45) is 6.92. The lowest BCUT2D eigenvalue weighted by Crippen LogP contribution is -2.31. The van der Waals surface area contributed by atoms with E-state index in [0.717, 1.165) is 16.1 Å². The Morgan fingerprint density at radius 1 is 1.32 bits per heavy atom. The van der Waals surface area contributed by atoms with Gasteiger partial charge in [-0.2, -0.15) is 5.10 Å². The zero-order valence-electron chi connectivity index (χ0n) is 12.5. The van der Waals surface area contributed by atoms with Crippen LogP contribution in [0.25, 0.3) is 0 Å². The van der Waals surface area contributed by atoms with Crippen molar-refractivity contribution in [1.29, 1.82) is 0 Å². The first-order valence-electron chi connectivity index (χ1n) is 7.23. The molecule has 4 heteroatoms. The van der Waals surface area contributed by atoms with E-state index in [1.54, 1.807) is 0 Å². The molecule has 108 valence electrons. The molecule has 1 aliphatic carbocycles. The third kappa shape index (κ3) is 3.22. The van der Waals surface area contributed by atoms with E-state index in [0.29, 0.717) is 11.3 Å². The fourth-order valence-corrected chi connectivity index (χ4v) is 3.98. The molecule has 3 nitrogen and oxygen atoms in total. The van der Waals surface area contributed by atoms with Crippen LogP contribution in [0.2, 0.25) is 0 Å². The summed E-state index contributed by atoms with van der Waals surface area (Å²) in [6, 6.07) is 0.0998. The number of hydrogen-bond donors (Lipinski definition) is 1. The second kappa shape index (κ2) is 5.57. The molecule has 1 atom stereocenters. The third-order valence-corrected chi connectivity index (χ3v) is 5.37. The number of nitrogens with two attached hydrogens (primary N) is 1. The normalized spacial score (nSPS) is 26.4. The van der Waals surface area contributed by atoms with Gasteiger partial charge in [0.15, 0.2) is 0 Å². The Bertz CT molecular complexity index is 406. The molecule has 1 heterocycles. The highest BCUT2D eigenvalue weighted by atomic mass is 79.9. The summed E-state index contributed by atoms with van der Waals surface area (Å²) in [6.45, 7) is 7.07. The molecule has 1 aromatic heterocycles. The minimum Gasteiger partial charge on any atom is -0.322 e. The minimum atomic E-state index is 0.0998. The lowest BCUT2D eigenvalue weighted by Gasteiger charge is -2.38. The maximum atomic E-state index is 6.48. The molecule has 0 saturated heterocycles. The molecule has 19 heavy (non-hydrogen) atoms. The Balaban J connectivity index is 2.02. The summed E-state index contributed by atoms with van der Waals surface area (Å²) >= 11 is 3.56. The molecule has 0 aromatic carbocycles. The quantitative estimate of drug-likeness (QED) is 0.890. The molecule has 1 saturated carbocycles. The van der Waals surface area contributed by atoms with Crippen molar-refractivity contribution in [2.24, 2.45) is 30.0 Å². The van der Waals surface area contributed by atoms with Crippen LogP contribution in [0.4, 0.5) is 0 Å². The van der Waals surface area contributed by atoms with Crippen molar-refractivity contribution in [3.63, 3.8) is 0 Å². The number of hydrogen-bond acceptors (Lipinski definition) is 2. The molecule has 2 N–H and O–H groups in total. The van der Waals surface area contributed by atoms with E-state index >= 15 is 0 Å². The van der Waals surface area contributed by atoms with Crippen molar-refractivity contribution in [1.82, 2.24) is 9.78 Å². The van der Waals surface area contributed by atoms with Gasteiger partial charge in [-0.15, -0.1) is 0 Å². The van der Waals surface area contributed by atoms with Gasteiger partial charge in [-0.25, -0.2) is 0 Å². The highest BCUT2D eigenvalue weighted by Crippen LogP contribution is 2.43. The van der Waals surface area contributed by atoms with E-state index in [1.807, 2.05) is 17.9 Å². The van der Waals surface area contributed by atoms with Gasteiger partial charge in [0.2, 0.25) is 0 Å². The number of aryl methyl sites for hydroxylation is 1. The number of aromatic nitrogens is 2. The molecule has 0 radical (unpaired) electrons. The summed E-state index contributed by atoms with van der Waals surface area (Å²) in [5.41, 5.74) is 8.05. The summed E-state index contributed by atoms with van der Waals surface area (Å²) in [5, 5.41) is 4.28. The molecular formula is C15H26BrN3. The molecule has 0 aliphatic heterocycles. The van der Waals surface area contributed by atoms with Crippen LogP contribution in [0.15, 0.2) is 10.7 Å². The summed E-state index contributed by atoms with van der Waals surface area (Å²) in [7, 11) is 1.97. The highest BCUT2D eigenvalue weighted by molar-refractivity contribution is 9.10. The Labute approximate surface area is 125 Å². The van der Waals surface area contributed by atoms with E-state index in [-0.39, 0.29) is 6.04 Å². The number of halogens is 1. The highest BCUT2D eigenvalue weighted by Gasteiger charge is 2.33. The first-order valence-corrected chi connectivity index (χ1v) is 8.03. The van der Waals surface area contributed by atoms with Gasteiger partial charge in [-0.1, -0.05) is 20.8 Å².